The van der Waals surface area contributed by atoms with Crippen LogP contribution in [0.25, 0.3) is 0 Å². The first kappa shape index (κ1) is 18.0. The number of methoxy groups -OCH3 is 1. The first-order chi connectivity index (χ1) is 10.1. The van der Waals surface area contributed by atoms with Crippen molar-refractivity contribution in [3.63, 3.8) is 0 Å². The van der Waals surface area contributed by atoms with Crippen molar-refractivity contribution in [2.75, 3.05) is 31.0 Å². The van der Waals surface area contributed by atoms with E-state index >= 15 is 0 Å². The van der Waals surface area contributed by atoms with Crippen LogP contribution in [0.3, 0.4) is 0 Å². The summed E-state index contributed by atoms with van der Waals surface area (Å²) < 4.78 is 4.64. The maximum Gasteiger partial charge on any atom is 0.358 e. The van der Waals surface area contributed by atoms with Gasteiger partial charge in [0.1, 0.15) is 4.88 Å². The van der Waals surface area contributed by atoms with E-state index in [0.717, 1.165) is 13.0 Å². The molecule has 0 atom stereocenters. The number of thioether (sulfide) groups is 1. The van der Waals surface area contributed by atoms with E-state index in [0.29, 0.717) is 10.0 Å². The molecule has 1 heterocycles. The molecule has 118 valence electrons. The molecule has 7 heteroatoms. The minimum Gasteiger partial charge on any atom is -0.464 e. The number of ketones is 1. The lowest BCUT2D eigenvalue weighted by molar-refractivity contribution is 0.0591. The van der Waals surface area contributed by atoms with Crippen molar-refractivity contribution < 1.29 is 14.3 Å². The number of hydrogen-bond donors (Lipinski definition) is 1. The van der Waals surface area contributed by atoms with Gasteiger partial charge in [0.25, 0.3) is 0 Å². The van der Waals surface area contributed by atoms with Gasteiger partial charge in [-0.1, -0.05) is 24.2 Å². The Bertz CT molecular complexity index is 475. The average Bonchev–Trinajstić information content (AvgIpc) is 2.90. The van der Waals surface area contributed by atoms with Crippen molar-refractivity contribution in [2.24, 2.45) is 0 Å². The zero-order valence-corrected chi connectivity index (χ0v) is 14.4. The van der Waals surface area contributed by atoms with Crippen LogP contribution in [-0.2, 0) is 4.74 Å². The highest BCUT2D eigenvalue weighted by atomic mass is 32.2. The van der Waals surface area contributed by atoms with Crippen molar-refractivity contribution in [1.82, 2.24) is 4.98 Å². The fraction of sp³-hybridized carbons (Fsp3) is 0.643. The molecule has 0 amide bonds. The zero-order valence-electron chi connectivity index (χ0n) is 12.7. The number of esters is 1. The number of carbonyl (C=O) groups is 2. The highest BCUT2D eigenvalue weighted by Crippen LogP contribution is 2.24. The summed E-state index contributed by atoms with van der Waals surface area (Å²) in [4.78, 5) is 27.6. The van der Waals surface area contributed by atoms with Crippen LogP contribution in [0.5, 0.6) is 0 Å². The fourth-order valence-corrected chi connectivity index (χ4v) is 3.16. The lowest BCUT2D eigenvalue weighted by Crippen LogP contribution is -2.07. The molecule has 1 rings (SSSR count). The van der Waals surface area contributed by atoms with E-state index in [1.54, 1.807) is 0 Å². The molecule has 0 aliphatic carbocycles. The minimum atomic E-state index is -0.568. The summed E-state index contributed by atoms with van der Waals surface area (Å²) in [5.74, 6) is 0.476. The summed E-state index contributed by atoms with van der Waals surface area (Å²) in [7, 11) is 1.29. The van der Waals surface area contributed by atoms with Crippen molar-refractivity contribution in [2.45, 2.75) is 32.6 Å². The molecule has 0 bridgehead atoms. The molecule has 1 N–H and O–H groups in total. The van der Waals surface area contributed by atoms with Gasteiger partial charge in [0.05, 0.1) is 7.11 Å². The van der Waals surface area contributed by atoms with Crippen LogP contribution >= 0.6 is 23.1 Å². The number of aromatic nitrogens is 1. The Kier molecular flexibility index (Phi) is 8.37. The first-order valence-corrected chi connectivity index (χ1v) is 9.14. The Morgan fingerprint density at radius 3 is 2.62 bits per heavy atom. The number of nitrogens with one attached hydrogen (secondary N) is 1. The second kappa shape index (κ2) is 9.78. The molecule has 0 aromatic carbocycles. The Morgan fingerprint density at radius 1 is 1.29 bits per heavy atom. The predicted octanol–water partition coefficient (Wildman–Crippen LogP) is 3.47. The van der Waals surface area contributed by atoms with Gasteiger partial charge in [-0.05, 0) is 24.9 Å². The minimum absolute atomic E-state index is 0.109. The molecule has 1 aromatic rings. The van der Waals surface area contributed by atoms with Crippen LogP contribution < -0.4 is 5.32 Å². The Morgan fingerprint density at radius 2 is 2.00 bits per heavy atom. The zero-order chi connectivity index (χ0) is 15.7. The second-order valence-corrected chi connectivity index (χ2v) is 6.56. The number of thiazole rings is 1. The molecular formula is C14H22N2O3S2. The van der Waals surface area contributed by atoms with Crippen LogP contribution in [0.15, 0.2) is 0 Å². The molecule has 0 spiro atoms. The van der Waals surface area contributed by atoms with Gasteiger partial charge >= 0.3 is 5.97 Å². The summed E-state index contributed by atoms with van der Waals surface area (Å²) in [6.07, 6.45) is 6.82. The number of hydrogen-bond acceptors (Lipinski definition) is 7. The first-order valence-electron chi connectivity index (χ1n) is 6.93. The number of nitrogens with zero attached hydrogens (tertiary/aromatic N) is 1. The topological polar surface area (TPSA) is 68.3 Å². The molecular weight excluding hydrogens is 308 g/mol. The quantitative estimate of drug-likeness (QED) is 0.402. The van der Waals surface area contributed by atoms with Crippen LogP contribution in [0.2, 0.25) is 0 Å². The Labute approximate surface area is 133 Å². The van der Waals surface area contributed by atoms with Crippen molar-refractivity contribution in [3.05, 3.63) is 10.6 Å². The highest BCUT2D eigenvalue weighted by molar-refractivity contribution is 7.98. The molecule has 0 aliphatic rings. The monoisotopic (exact) mass is 330 g/mol. The van der Waals surface area contributed by atoms with Crippen molar-refractivity contribution >= 4 is 40.0 Å². The van der Waals surface area contributed by atoms with Crippen LogP contribution in [0.1, 0.15) is 52.8 Å². The van der Waals surface area contributed by atoms with Crippen molar-refractivity contribution in [1.29, 1.82) is 0 Å². The highest BCUT2D eigenvalue weighted by Gasteiger charge is 2.21. The maximum atomic E-state index is 11.6. The standard InChI is InChI=1S/C14H22N2O3S2/c1-10(17)12-11(13(18)19-2)16-14(21-12)15-8-6-4-5-7-9-20-3/h4-9H2,1-3H3,(H,15,16). The summed E-state index contributed by atoms with van der Waals surface area (Å²) in [5, 5.41) is 3.77. The van der Waals surface area contributed by atoms with E-state index in [-0.39, 0.29) is 11.5 Å². The Hall–Kier alpha value is -1.08. The van der Waals surface area contributed by atoms with E-state index in [1.165, 1.54) is 50.4 Å². The molecule has 21 heavy (non-hydrogen) atoms. The molecule has 0 radical (unpaired) electrons. The predicted molar refractivity (Wildman–Crippen MR) is 88.8 cm³/mol. The van der Waals surface area contributed by atoms with Gasteiger partial charge in [-0.2, -0.15) is 11.8 Å². The van der Waals surface area contributed by atoms with Gasteiger partial charge in [0.15, 0.2) is 16.6 Å². The molecule has 0 saturated heterocycles. The van der Waals surface area contributed by atoms with E-state index in [4.69, 9.17) is 0 Å². The third kappa shape index (κ3) is 6.05. The number of anilines is 1. The number of rotatable bonds is 10. The third-order valence-electron chi connectivity index (χ3n) is 2.88. The van der Waals surface area contributed by atoms with Gasteiger partial charge in [0, 0.05) is 13.5 Å². The molecule has 1 aromatic heterocycles. The van der Waals surface area contributed by atoms with Gasteiger partial charge in [-0.25, -0.2) is 9.78 Å². The molecule has 0 unspecified atom stereocenters. The second-order valence-electron chi connectivity index (χ2n) is 4.58. The van der Waals surface area contributed by atoms with Gasteiger partial charge in [0.2, 0.25) is 0 Å². The summed E-state index contributed by atoms with van der Waals surface area (Å²) in [6, 6.07) is 0. The largest absolute Gasteiger partial charge is 0.464 e. The number of unbranched alkanes of at least 4 members (excludes halogenated alkanes) is 3. The van der Waals surface area contributed by atoms with Gasteiger partial charge in [-0.15, -0.1) is 0 Å². The smallest absolute Gasteiger partial charge is 0.358 e. The summed E-state index contributed by atoms with van der Waals surface area (Å²) in [6.45, 7) is 2.22. The lowest BCUT2D eigenvalue weighted by atomic mass is 10.2. The third-order valence-corrected chi connectivity index (χ3v) is 4.69. The van der Waals surface area contributed by atoms with E-state index in [9.17, 15) is 9.59 Å². The number of Topliss-reactive ketones (excluding diaryl/α,β-unsaturated/α-hetero) is 1. The van der Waals surface area contributed by atoms with E-state index < -0.39 is 5.97 Å². The van der Waals surface area contributed by atoms with Crippen LogP contribution in [0.4, 0.5) is 5.13 Å². The van der Waals surface area contributed by atoms with Gasteiger partial charge < -0.3 is 10.1 Å². The average molecular weight is 330 g/mol. The van der Waals surface area contributed by atoms with E-state index in [1.807, 2.05) is 11.8 Å². The summed E-state index contributed by atoms with van der Waals surface area (Å²) in [5.41, 5.74) is 0.109. The maximum absolute atomic E-state index is 11.6. The van der Waals surface area contributed by atoms with Crippen LogP contribution in [0, 0.1) is 0 Å². The van der Waals surface area contributed by atoms with Gasteiger partial charge in [-0.3, -0.25) is 4.79 Å². The Balaban J connectivity index is 2.45. The van der Waals surface area contributed by atoms with E-state index in [2.05, 4.69) is 21.3 Å². The molecule has 0 fully saturated rings. The lowest BCUT2D eigenvalue weighted by Gasteiger charge is -2.02. The van der Waals surface area contributed by atoms with Crippen molar-refractivity contribution in [3.8, 4) is 0 Å². The molecule has 0 aliphatic heterocycles. The number of carbonyl (C=O) groups excluding carboxylic acids is 2. The molecule has 5 nitrogen and oxygen atoms in total. The SMILES string of the molecule is COC(=O)c1nc(NCCCCCCSC)sc1C(C)=O. The fourth-order valence-electron chi connectivity index (χ4n) is 1.79. The molecule has 0 saturated carbocycles. The number of ether oxygens (including phenoxy) is 1. The summed E-state index contributed by atoms with van der Waals surface area (Å²) >= 11 is 3.08. The van der Waals surface area contributed by atoms with Crippen LogP contribution in [-0.4, -0.2) is 42.4 Å². The normalized spacial score (nSPS) is 10.4.